The minimum absolute atomic E-state index is 0.0242. The molecule has 0 aliphatic heterocycles. The van der Waals surface area contributed by atoms with E-state index in [1.165, 1.54) is 15.5 Å². The van der Waals surface area contributed by atoms with Gasteiger partial charge in [-0.3, -0.25) is 4.79 Å². The molecule has 10 heteroatoms. The number of benzene rings is 2. The summed E-state index contributed by atoms with van der Waals surface area (Å²) < 4.78 is 13.5. The number of nitrogens with zero attached hydrogens (tertiary/aromatic N) is 6. The molecular formula is C22H17ClN6O3. The molecule has 0 aliphatic rings. The second-order valence-electron chi connectivity index (χ2n) is 6.90. The molecule has 0 N–H and O–H groups in total. The van der Waals surface area contributed by atoms with Crippen molar-refractivity contribution < 1.29 is 9.26 Å². The number of aromatic nitrogens is 6. The van der Waals surface area contributed by atoms with Gasteiger partial charge in [-0.15, -0.1) is 0 Å². The highest BCUT2D eigenvalue weighted by Gasteiger charge is 2.15. The predicted octanol–water partition coefficient (Wildman–Crippen LogP) is 3.71. The Labute approximate surface area is 186 Å². The number of ether oxygens (including phenoxy) is 1. The maximum Gasteiger partial charge on any atom is 0.293 e. The van der Waals surface area contributed by atoms with Gasteiger partial charge in [0.2, 0.25) is 11.7 Å². The van der Waals surface area contributed by atoms with E-state index in [9.17, 15) is 4.79 Å². The molecule has 32 heavy (non-hydrogen) atoms. The van der Waals surface area contributed by atoms with Crippen LogP contribution in [0, 0.1) is 0 Å². The van der Waals surface area contributed by atoms with Gasteiger partial charge in [0.15, 0.2) is 0 Å². The molecule has 5 rings (SSSR count). The third-order valence-corrected chi connectivity index (χ3v) is 5.15. The summed E-state index contributed by atoms with van der Waals surface area (Å²) in [6.45, 7) is 2.55. The van der Waals surface area contributed by atoms with Gasteiger partial charge < -0.3 is 9.26 Å². The lowest BCUT2D eigenvalue weighted by atomic mass is 10.1. The number of rotatable bonds is 6. The zero-order valence-corrected chi connectivity index (χ0v) is 17.7. The van der Waals surface area contributed by atoms with Crippen LogP contribution < -0.4 is 10.3 Å². The number of hydrogen-bond donors (Lipinski definition) is 0. The molecule has 0 saturated heterocycles. The molecule has 5 aromatic rings. The Hall–Kier alpha value is -3.98. The quantitative estimate of drug-likeness (QED) is 0.390. The average molecular weight is 449 g/mol. The number of fused-ring (bicyclic) bond motifs is 1. The minimum atomic E-state index is -0.324. The van der Waals surface area contributed by atoms with Gasteiger partial charge in [-0.05, 0) is 49.4 Å². The van der Waals surface area contributed by atoms with Crippen molar-refractivity contribution in [1.82, 2.24) is 29.5 Å². The number of halogens is 1. The predicted molar refractivity (Wildman–Crippen MR) is 118 cm³/mol. The Bertz CT molecular complexity index is 1450. The lowest BCUT2D eigenvalue weighted by Gasteiger charge is -2.02. The van der Waals surface area contributed by atoms with Crippen LogP contribution in [0.1, 0.15) is 12.8 Å². The third-order valence-electron chi connectivity index (χ3n) is 4.82. The molecular weight excluding hydrogens is 432 g/mol. The van der Waals surface area contributed by atoms with Crippen molar-refractivity contribution in [2.24, 2.45) is 0 Å². The van der Waals surface area contributed by atoms with E-state index in [-0.39, 0.29) is 18.0 Å². The van der Waals surface area contributed by atoms with Crippen molar-refractivity contribution in [3.8, 4) is 28.4 Å². The lowest BCUT2D eigenvalue weighted by molar-refractivity contribution is 0.340. The summed E-state index contributed by atoms with van der Waals surface area (Å²) in [5.74, 6) is 1.37. The van der Waals surface area contributed by atoms with Crippen LogP contribution in [0.4, 0.5) is 0 Å². The highest BCUT2D eigenvalue weighted by Crippen LogP contribution is 2.25. The molecule has 0 unspecified atom stereocenters. The highest BCUT2D eigenvalue weighted by molar-refractivity contribution is 6.33. The second-order valence-corrected chi connectivity index (χ2v) is 7.31. The molecule has 0 saturated carbocycles. The van der Waals surface area contributed by atoms with Crippen LogP contribution in [0.25, 0.3) is 28.2 Å². The second kappa shape index (κ2) is 8.27. The van der Waals surface area contributed by atoms with Gasteiger partial charge in [0.05, 0.1) is 17.3 Å². The van der Waals surface area contributed by atoms with Crippen molar-refractivity contribution in [2.45, 2.75) is 13.5 Å². The van der Waals surface area contributed by atoms with Crippen molar-refractivity contribution in [3.63, 3.8) is 0 Å². The summed E-state index contributed by atoms with van der Waals surface area (Å²) in [6, 6.07) is 16.4. The van der Waals surface area contributed by atoms with E-state index in [4.69, 9.17) is 20.9 Å². The molecule has 3 aromatic heterocycles. The lowest BCUT2D eigenvalue weighted by Crippen LogP contribution is -2.25. The molecule has 0 aliphatic carbocycles. The summed E-state index contributed by atoms with van der Waals surface area (Å²) in [4.78, 5) is 17.3. The summed E-state index contributed by atoms with van der Waals surface area (Å²) in [5.41, 5.74) is 2.23. The first-order chi connectivity index (χ1) is 15.6. The normalized spacial score (nSPS) is 11.2. The maximum absolute atomic E-state index is 13.0. The van der Waals surface area contributed by atoms with E-state index in [2.05, 4.69) is 20.3 Å². The van der Waals surface area contributed by atoms with Crippen molar-refractivity contribution >= 4 is 17.1 Å². The topological polar surface area (TPSA) is 100 Å². The molecule has 0 atom stereocenters. The van der Waals surface area contributed by atoms with E-state index in [0.29, 0.717) is 34.2 Å². The summed E-state index contributed by atoms with van der Waals surface area (Å²) in [5, 5.41) is 13.1. The fourth-order valence-electron chi connectivity index (χ4n) is 3.28. The first-order valence-corrected chi connectivity index (χ1v) is 10.3. The Morgan fingerprint density at radius 3 is 2.72 bits per heavy atom. The maximum atomic E-state index is 13.0. The highest BCUT2D eigenvalue weighted by atomic mass is 35.5. The zero-order chi connectivity index (χ0) is 22.1. The van der Waals surface area contributed by atoms with Crippen LogP contribution >= 0.6 is 11.6 Å². The standard InChI is InChI=1S/C22H17ClN6O3/c1-2-31-15-9-7-14(8-10-15)18-11-19-22(30)28(24-13-29(19)26-18)12-20-25-21(27-32-20)16-5-3-4-6-17(16)23/h3-11,13H,2,12H2,1H3. The van der Waals surface area contributed by atoms with Gasteiger partial charge in [-0.2, -0.15) is 15.2 Å². The van der Waals surface area contributed by atoms with Crippen LogP contribution in [0.3, 0.4) is 0 Å². The van der Waals surface area contributed by atoms with Crippen LogP contribution in [0.2, 0.25) is 5.02 Å². The van der Waals surface area contributed by atoms with Crippen LogP contribution in [0.5, 0.6) is 5.75 Å². The summed E-state index contributed by atoms with van der Waals surface area (Å²) >= 11 is 6.19. The monoisotopic (exact) mass is 448 g/mol. The van der Waals surface area contributed by atoms with Crippen molar-refractivity contribution in [2.75, 3.05) is 6.61 Å². The largest absolute Gasteiger partial charge is 0.494 e. The molecule has 160 valence electrons. The van der Waals surface area contributed by atoms with Gasteiger partial charge in [0.25, 0.3) is 5.56 Å². The van der Waals surface area contributed by atoms with Gasteiger partial charge in [-0.25, -0.2) is 9.20 Å². The molecule has 0 fully saturated rings. The van der Waals surface area contributed by atoms with Crippen LogP contribution in [0.15, 0.2) is 70.2 Å². The average Bonchev–Trinajstić information content (AvgIpc) is 3.45. The van der Waals surface area contributed by atoms with E-state index >= 15 is 0 Å². The fourth-order valence-corrected chi connectivity index (χ4v) is 3.50. The van der Waals surface area contributed by atoms with Crippen LogP contribution in [-0.4, -0.2) is 36.1 Å². The SMILES string of the molecule is CCOc1ccc(-c2cc3c(=O)n(Cc4nc(-c5ccccc5Cl)no4)ncn3n2)cc1. The molecule has 2 aromatic carbocycles. The van der Waals surface area contributed by atoms with E-state index < -0.39 is 0 Å². The summed E-state index contributed by atoms with van der Waals surface area (Å²) in [6.07, 6.45) is 1.47. The van der Waals surface area contributed by atoms with E-state index in [0.717, 1.165) is 11.3 Å². The molecule has 3 heterocycles. The molecule has 0 amide bonds. The minimum Gasteiger partial charge on any atom is -0.494 e. The van der Waals surface area contributed by atoms with Gasteiger partial charge >= 0.3 is 0 Å². The zero-order valence-electron chi connectivity index (χ0n) is 17.0. The first kappa shape index (κ1) is 20.0. The Morgan fingerprint density at radius 2 is 1.94 bits per heavy atom. The molecule has 0 spiro atoms. The summed E-state index contributed by atoms with van der Waals surface area (Å²) in [7, 11) is 0. The number of hydrogen-bond acceptors (Lipinski definition) is 7. The van der Waals surface area contributed by atoms with E-state index in [1.54, 1.807) is 18.2 Å². The molecule has 0 bridgehead atoms. The molecule has 9 nitrogen and oxygen atoms in total. The Morgan fingerprint density at radius 1 is 1.12 bits per heavy atom. The van der Waals surface area contributed by atoms with Crippen molar-refractivity contribution in [1.29, 1.82) is 0 Å². The Balaban J connectivity index is 1.43. The smallest absolute Gasteiger partial charge is 0.293 e. The Kier molecular flexibility index (Phi) is 5.16. The van der Waals surface area contributed by atoms with Gasteiger partial charge in [0, 0.05) is 11.1 Å². The molecule has 0 radical (unpaired) electrons. The van der Waals surface area contributed by atoms with Gasteiger partial charge in [0.1, 0.15) is 24.1 Å². The first-order valence-electron chi connectivity index (χ1n) is 9.88. The van der Waals surface area contributed by atoms with Gasteiger partial charge in [-0.1, -0.05) is 28.9 Å². The van der Waals surface area contributed by atoms with Crippen LogP contribution in [-0.2, 0) is 6.54 Å². The fraction of sp³-hybridized carbons (Fsp3) is 0.136. The van der Waals surface area contributed by atoms with E-state index in [1.807, 2.05) is 43.3 Å². The third kappa shape index (κ3) is 3.74. The van der Waals surface area contributed by atoms with Crippen molar-refractivity contribution in [3.05, 3.63) is 82.2 Å².